The average molecular weight is 463 g/mol. The van der Waals surface area contributed by atoms with Gasteiger partial charge < -0.3 is 14.8 Å². The van der Waals surface area contributed by atoms with Crippen LogP contribution in [0.25, 0.3) is 0 Å². The van der Waals surface area contributed by atoms with Crippen LogP contribution in [0.4, 0.5) is 4.39 Å². The third-order valence-electron chi connectivity index (χ3n) is 5.91. The lowest BCUT2D eigenvalue weighted by atomic mass is 9.88. The fourth-order valence-electron chi connectivity index (χ4n) is 4.26. The van der Waals surface area contributed by atoms with Crippen LogP contribution in [0.1, 0.15) is 44.1 Å². The quantitative estimate of drug-likeness (QED) is 0.659. The zero-order chi connectivity index (χ0) is 22.6. The number of hydrogen-bond acceptors (Lipinski definition) is 5. The molecule has 32 heavy (non-hydrogen) atoms. The molecule has 1 fully saturated rings. The number of sulfonamides is 1. The van der Waals surface area contributed by atoms with Crippen molar-refractivity contribution in [2.24, 2.45) is 0 Å². The molecular weight excluding hydrogens is 435 g/mol. The van der Waals surface area contributed by atoms with Gasteiger partial charge in [-0.2, -0.15) is 0 Å². The molecule has 0 aromatic heterocycles. The van der Waals surface area contributed by atoms with E-state index in [-0.39, 0.29) is 29.6 Å². The molecule has 0 radical (unpaired) electrons. The van der Waals surface area contributed by atoms with E-state index in [2.05, 4.69) is 10.0 Å². The fourth-order valence-corrected chi connectivity index (χ4v) is 5.30. The molecule has 1 heterocycles. The number of carbonyl (C=O) groups is 1. The maximum atomic E-state index is 13.3. The van der Waals surface area contributed by atoms with E-state index in [1.165, 1.54) is 24.3 Å². The first-order valence-corrected chi connectivity index (χ1v) is 12.3. The first-order chi connectivity index (χ1) is 15.4. The maximum Gasteiger partial charge on any atom is 0.240 e. The lowest BCUT2D eigenvalue weighted by Crippen LogP contribution is -2.44. The highest BCUT2D eigenvalue weighted by Gasteiger charge is 2.36. The van der Waals surface area contributed by atoms with Gasteiger partial charge in [-0.15, -0.1) is 0 Å². The van der Waals surface area contributed by atoms with Gasteiger partial charge in [0.15, 0.2) is 11.5 Å². The van der Waals surface area contributed by atoms with Crippen molar-refractivity contribution in [3.05, 3.63) is 53.8 Å². The van der Waals surface area contributed by atoms with Gasteiger partial charge in [0.25, 0.3) is 0 Å². The molecule has 0 saturated heterocycles. The van der Waals surface area contributed by atoms with Crippen LogP contribution in [0.15, 0.2) is 47.4 Å². The van der Waals surface area contributed by atoms with Crippen LogP contribution in [0, 0.1) is 5.82 Å². The van der Waals surface area contributed by atoms with E-state index >= 15 is 0 Å². The summed E-state index contributed by atoms with van der Waals surface area (Å²) in [5.74, 6) is 0.337. The van der Waals surface area contributed by atoms with E-state index in [1.54, 1.807) is 18.2 Å². The highest BCUT2D eigenvalue weighted by Crippen LogP contribution is 2.39. The molecule has 1 aliphatic heterocycles. The normalized spacial score (nSPS) is 17.5. The summed E-state index contributed by atoms with van der Waals surface area (Å²) < 4.78 is 52.2. The van der Waals surface area contributed by atoms with Crippen molar-refractivity contribution in [3.63, 3.8) is 0 Å². The van der Waals surface area contributed by atoms with Gasteiger partial charge in [0.2, 0.25) is 15.9 Å². The SMILES string of the molecule is O=C(CCNS(=O)(=O)c1ccc2c(c1)OCCCO2)NC1(c2ccc(F)cc2)CCCC1. The number of rotatable bonds is 7. The van der Waals surface area contributed by atoms with E-state index in [4.69, 9.17) is 9.47 Å². The Morgan fingerprint density at radius 2 is 1.66 bits per heavy atom. The number of amides is 1. The molecule has 0 bridgehead atoms. The molecule has 4 rings (SSSR count). The van der Waals surface area contributed by atoms with Crippen molar-refractivity contribution < 1.29 is 27.1 Å². The van der Waals surface area contributed by atoms with Crippen LogP contribution in [-0.2, 0) is 20.4 Å². The third-order valence-corrected chi connectivity index (χ3v) is 7.36. The van der Waals surface area contributed by atoms with Gasteiger partial charge in [-0.25, -0.2) is 17.5 Å². The first kappa shape index (κ1) is 22.5. The molecule has 9 heteroatoms. The number of hydrogen-bond donors (Lipinski definition) is 2. The maximum absolute atomic E-state index is 13.3. The van der Waals surface area contributed by atoms with Gasteiger partial charge in [-0.05, 0) is 42.7 Å². The van der Waals surface area contributed by atoms with Crippen molar-refractivity contribution in [1.29, 1.82) is 0 Å². The van der Waals surface area contributed by atoms with Crippen LogP contribution >= 0.6 is 0 Å². The molecule has 1 aliphatic carbocycles. The zero-order valence-electron chi connectivity index (χ0n) is 17.7. The number of carbonyl (C=O) groups excluding carboxylic acids is 1. The molecule has 0 atom stereocenters. The summed E-state index contributed by atoms with van der Waals surface area (Å²) in [6.07, 6.45) is 4.19. The highest BCUT2D eigenvalue weighted by atomic mass is 32.2. The number of fused-ring (bicyclic) bond motifs is 1. The van der Waals surface area contributed by atoms with Crippen molar-refractivity contribution in [2.75, 3.05) is 19.8 Å². The van der Waals surface area contributed by atoms with E-state index in [9.17, 15) is 17.6 Å². The van der Waals surface area contributed by atoms with Crippen molar-refractivity contribution in [1.82, 2.24) is 10.0 Å². The third kappa shape index (κ3) is 5.05. The van der Waals surface area contributed by atoms with Crippen LogP contribution in [0.3, 0.4) is 0 Å². The summed E-state index contributed by atoms with van der Waals surface area (Å²) in [5.41, 5.74) is 0.343. The summed E-state index contributed by atoms with van der Waals surface area (Å²) in [6.45, 7) is 0.938. The second kappa shape index (κ2) is 9.46. The molecule has 2 aliphatic rings. The Balaban J connectivity index is 1.36. The Hall–Kier alpha value is -2.65. The lowest BCUT2D eigenvalue weighted by Gasteiger charge is -2.31. The van der Waals surface area contributed by atoms with Gasteiger partial charge in [-0.3, -0.25) is 4.79 Å². The highest BCUT2D eigenvalue weighted by molar-refractivity contribution is 7.89. The van der Waals surface area contributed by atoms with Gasteiger partial charge in [0.05, 0.1) is 23.6 Å². The Bertz CT molecular complexity index is 1070. The average Bonchev–Trinajstić information content (AvgIpc) is 3.11. The summed E-state index contributed by atoms with van der Waals surface area (Å²) in [6, 6.07) is 10.7. The molecule has 0 unspecified atom stereocenters. The molecule has 1 saturated carbocycles. The number of halogens is 1. The molecule has 7 nitrogen and oxygen atoms in total. The molecule has 2 N–H and O–H groups in total. The van der Waals surface area contributed by atoms with Crippen LogP contribution in [0.5, 0.6) is 11.5 Å². The second-order valence-electron chi connectivity index (χ2n) is 8.15. The molecule has 1 amide bonds. The van der Waals surface area contributed by atoms with Crippen LogP contribution in [-0.4, -0.2) is 34.1 Å². The van der Waals surface area contributed by atoms with Gasteiger partial charge in [-0.1, -0.05) is 25.0 Å². The molecule has 172 valence electrons. The smallest absolute Gasteiger partial charge is 0.240 e. The Morgan fingerprint density at radius 3 is 2.38 bits per heavy atom. The number of ether oxygens (including phenoxy) is 2. The summed E-state index contributed by atoms with van der Waals surface area (Å²) in [5, 5.41) is 3.07. The molecular formula is C23H27FN2O5S. The van der Waals surface area contributed by atoms with Crippen LogP contribution < -0.4 is 19.5 Å². The molecule has 2 aromatic carbocycles. The molecule has 0 spiro atoms. The van der Waals surface area contributed by atoms with E-state index in [0.29, 0.717) is 24.7 Å². The summed E-state index contributed by atoms with van der Waals surface area (Å²) >= 11 is 0. The Morgan fingerprint density at radius 1 is 0.969 bits per heavy atom. The van der Waals surface area contributed by atoms with Gasteiger partial charge >= 0.3 is 0 Å². The first-order valence-electron chi connectivity index (χ1n) is 10.8. The monoisotopic (exact) mass is 462 g/mol. The fraction of sp³-hybridized carbons (Fsp3) is 0.435. The van der Waals surface area contributed by atoms with Crippen molar-refractivity contribution in [3.8, 4) is 11.5 Å². The second-order valence-corrected chi connectivity index (χ2v) is 9.92. The van der Waals surface area contributed by atoms with E-state index < -0.39 is 15.6 Å². The van der Waals surface area contributed by atoms with Crippen molar-refractivity contribution in [2.45, 2.75) is 49.0 Å². The zero-order valence-corrected chi connectivity index (χ0v) is 18.5. The summed E-state index contributed by atoms with van der Waals surface area (Å²) in [7, 11) is -3.81. The van der Waals surface area contributed by atoms with E-state index in [1.807, 2.05) is 0 Å². The predicted molar refractivity (Wildman–Crippen MR) is 117 cm³/mol. The standard InChI is InChI=1S/C23H27FN2O5S/c24-18-6-4-17(5-7-18)23(11-1-2-12-23)26-22(27)10-13-25-32(28,29)19-8-9-20-21(16-19)31-15-3-14-30-20/h4-9,16,25H,1-3,10-15H2,(H,26,27). The number of nitrogens with one attached hydrogen (secondary N) is 2. The topological polar surface area (TPSA) is 93.7 Å². The van der Waals surface area contributed by atoms with Gasteiger partial charge in [0.1, 0.15) is 5.82 Å². The van der Waals surface area contributed by atoms with E-state index in [0.717, 1.165) is 37.7 Å². The number of benzene rings is 2. The summed E-state index contributed by atoms with van der Waals surface area (Å²) in [4.78, 5) is 12.7. The Labute approximate surface area is 187 Å². The Kier molecular flexibility index (Phi) is 6.66. The van der Waals surface area contributed by atoms with Crippen molar-refractivity contribution >= 4 is 15.9 Å². The molecule has 2 aromatic rings. The minimum atomic E-state index is -3.81. The predicted octanol–water partition coefficient (Wildman–Crippen LogP) is 3.24. The minimum absolute atomic E-state index is 0.00722. The largest absolute Gasteiger partial charge is 0.490 e. The lowest BCUT2D eigenvalue weighted by molar-refractivity contribution is -0.123. The van der Waals surface area contributed by atoms with Crippen LogP contribution in [0.2, 0.25) is 0 Å². The van der Waals surface area contributed by atoms with Gasteiger partial charge in [0, 0.05) is 25.5 Å². The minimum Gasteiger partial charge on any atom is -0.490 e.